The predicted octanol–water partition coefficient (Wildman–Crippen LogP) is 2.75. The Labute approximate surface area is 117 Å². The van der Waals surface area contributed by atoms with Crippen molar-refractivity contribution in [1.29, 1.82) is 0 Å². The zero-order chi connectivity index (χ0) is 13.5. The van der Waals surface area contributed by atoms with Crippen LogP contribution in [0.5, 0.6) is 5.75 Å². The van der Waals surface area contributed by atoms with Gasteiger partial charge in [-0.3, -0.25) is 4.79 Å². The summed E-state index contributed by atoms with van der Waals surface area (Å²) in [6, 6.07) is 18.2. The molecule has 0 saturated carbocycles. The van der Waals surface area contributed by atoms with Crippen molar-refractivity contribution in [3.63, 3.8) is 0 Å². The van der Waals surface area contributed by atoms with Gasteiger partial charge in [-0.2, -0.15) is 0 Å². The van der Waals surface area contributed by atoms with E-state index >= 15 is 0 Å². The fourth-order valence-electron chi connectivity index (χ4n) is 3.24. The highest BCUT2D eigenvalue weighted by Crippen LogP contribution is 2.49. The number of hydrogen-bond acceptors (Lipinski definition) is 2. The maximum absolute atomic E-state index is 12.4. The molecule has 1 fully saturated rings. The van der Waals surface area contributed by atoms with Gasteiger partial charge in [0.25, 0.3) is 0 Å². The number of rotatable bonds is 1. The smallest absolute Gasteiger partial charge is 0.233 e. The number of β-lactam (4-membered cyclic amide) rings is 1. The van der Waals surface area contributed by atoms with Crippen molar-refractivity contribution in [3.8, 4) is 5.75 Å². The van der Waals surface area contributed by atoms with Gasteiger partial charge >= 0.3 is 0 Å². The third kappa shape index (κ3) is 1.56. The van der Waals surface area contributed by atoms with Crippen molar-refractivity contribution >= 4 is 5.91 Å². The van der Waals surface area contributed by atoms with E-state index in [1.807, 2.05) is 53.4 Å². The van der Waals surface area contributed by atoms with Crippen LogP contribution >= 0.6 is 0 Å². The summed E-state index contributed by atoms with van der Waals surface area (Å²) in [5, 5.41) is 0. The summed E-state index contributed by atoms with van der Waals surface area (Å²) in [5.74, 6) is 1.05. The SMILES string of the molecule is O=C1C(c2ccccc2)C2c3ccccc3OCCN12. The molecule has 2 aliphatic heterocycles. The van der Waals surface area contributed by atoms with Crippen molar-refractivity contribution < 1.29 is 9.53 Å². The predicted molar refractivity (Wildman–Crippen MR) is 75.6 cm³/mol. The molecule has 100 valence electrons. The van der Waals surface area contributed by atoms with Gasteiger partial charge in [0.15, 0.2) is 0 Å². The molecule has 4 rings (SSSR count). The molecule has 2 aromatic carbocycles. The Bertz CT molecular complexity index is 653. The summed E-state index contributed by atoms with van der Waals surface area (Å²) in [6.07, 6.45) is 0. The first kappa shape index (κ1) is 11.5. The quantitative estimate of drug-likeness (QED) is 0.742. The molecule has 2 atom stereocenters. The van der Waals surface area contributed by atoms with Crippen LogP contribution in [0.15, 0.2) is 54.6 Å². The first-order chi connectivity index (χ1) is 9.86. The summed E-state index contributed by atoms with van der Waals surface area (Å²) in [7, 11) is 0. The number of amides is 1. The molecule has 0 spiro atoms. The fraction of sp³-hybridized carbons (Fsp3) is 0.235. The van der Waals surface area contributed by atoms with Crippen LogP contribution in [0.25, 0.3) is 0 Å². The lowest BCUT2D eigenvalue weighted by Gasteiger charge is -2.46. The molecule has 0 N–H and O–H groups in total. The Hall–Kier alpha value is -2.29. The summed E-state index contributed by atoms with van der Waals surface area (Å²) < 4.78 is 5.77. The maximum atomic E-state index is 12.4. The normalized spacial score (nSPS) is 24.0. The van der Waals surface area contributed by atoms with Gasteiger partial charge in [-0.05, 0) is 11.6 Å². The van der Waals surface area contributed by atoms with Crippen LogP contribution in [0, 0.1) is 0 Å². The summed E-state index contributed by atoms with van der Waals surface area (Å²) >= 11 is 0. The highest BCUT2D eigenvalue weighted by atomic mass is 16.5. The number of hydrogen-bond donors (Lipinski definition) is 0. The Kier molecular flexibility index (Phi) is 2.52. The van der Waals surface area contributed by atoms with E-state index in [-0.39, 0.29) is 17.9 Å². The van der Waals surface area contributed by atoms with Crippen LogP contribution in [-0.4, -0.2) is 24.0 Å². The average Bonchev–Trinajstić information content (AvgIpc) is 2.66. The molecular formula is C17H15NO2. The average molecular weight is 265 g/mol. The van der Waals surface area contributed by atoms with Gasteiger partial charge in [-0.25, -0.2) is 0 Å². The van der Waals surface area contributed by atoms with E-state index in [4.69, 9.17) is 4.74 Å². The van der Waals surface area contributed by atoms with Crippen LogP contribution < -0.4 is 4.74 Å². The molecule has 3 heteroatoms. The Morgan fingerprint density at radius 2 is 1.75 bits per heavy atom. The van der Waals surface area contributed by atoms with Crippen LogP contribution in [0.4, 0.5) is 0 Å². The Morgan fingerprint density at radius 3 is 2.60 bits per heavy atom. The molecular weight excluding hydrogens is 250 g/mol. The fourth-order valence-corrected chi connectivity index (χ4v) is 3.24. The topological polar surface area (TPSA) is 29.5 Å². The van der Waals surface area contributed by atoms with E-state index in [9.17, 15) is 4.79 Å². The number of fused-ring (bicyclic) bond motifs is 3. The van der Waals surface area contributed by atoms with E-state index in [0.717, 1.165) is 16.9 Å². The third-order valence-electron chi connectivity index (χ3n) is 4.19. The lowest BCUT2D eigenvalue weighted by Crippen LogP contribution is -2.53. The molecule has 0 aromatic heterocycles. The molecule has 0 aliphatic carbocycles. The van der Waals surface area contributed by atoms with Gasteiger partial charge in [-0.15, -0.1) is 0 Å². The third-order valence-corrected chi connectivity index (χ3v) is 4.19. The molecule has 2 heterocycles. The van der Waals surface area contributed by atoms with Gasteiger partial charge in [0.2, 0.25) is 5.91 Å². The zero-order valence-electron chi connectivity index (χ0n) is 11.0. The lowest BCUT2D eigenvalue weighted by molar-refractivity contribution is -0.150. The van der Waals surface area contributed by atoms with Crippen molar-refractivity contribution in [2.24, 2.45) is 0 Å². The molecule has 2 aliphatic rings. The first-order valence-corrected chi connectivity index (χ1v) is 6.93. The zero-order valence-corrected chi connectivity index (χ0v) is 11.0. The van der Waals surface area contributed by atoms with Gasteiger partial charge in [0.1, 0.15) is 12.4 Å². The van der Waals surface area contributed by atoms with Gasteiger partial charge < -0.3 is 9.64 Å². The number of nitrogens with zero attached hydrogens (tertiary/aromatic N) is 1. The minimum atomic E-state index is -0.0703. The largest absolute Gasteiger partial charge is 0.491 e. The van der Waals surface area contributed by atoms with Crippen LogP contribution in [0.1, 0.15) is 23.1 Å². The van der Waals surface area contributed by atoms with Gasteiger partial charge in [0, 0.05) is 5.56 Å². The van der Waals surface area contributed by atoms with Crippen LogP contribution in [0.2, 0.25) is 0 Å². The maximum Gasteiger partial charge on any atom is 0.233 e. The number of ether oxygens (including phenoxy) is 1. The molecule has 20 heavy (non-hydrogen) atoms. The van der Waals surface area contributed by atoms with Crippen LogP contribution in [0.3, 0.4) is 0 Å². The molecule has 0 bridgehead atoms. The van der Waals surface area contributed by atoms with Crippen LogP contribution in [-0.2, 0) is 4.79 Å². The second-order valence-electron chi connectivity index (χ2n) is 5.25. The number of benzene rings is 2. The van der Waals surface area contributed by atoms with E-state index in [1.165, 1.54) is 0 Å². The minimum Gasteiger partial charge on any atom is -0.491 e. The van der Waals surface area contributed by atoms with E-state index < -0.39 is 0 Å². The van der Waals surface area contributed by atoms with Crippen molar-refractivity contribution in [2.45, 2.75) is 12.0 Å². The highest BCUT2D eigenvalue weighted by Gasteiger charge is 2.50. The second kappa shape index (κ2) is 4.37. The standard InChI is InChI=1S/C17H15NO2/c19-17-15(12-6-2-1-3-7-12)16-13-8-4-5-9-14(13)20-11-10-18(16)17/h1-9,15-16H,10-11H2. The minimum absolute atomic E-state index is 0.0703. The number of carbonyl (C=O) groups is 1. The molecule has 1 amide bonds. The second-order valence-corrected chi connectivity index (χ2v) is 5.25. The van der Waals surface area contributed by atoms with Crippen molar-refractivity contribution in [1.82, 2.24) is 4.90 Å². The van der Waals surface area contributed by atoms with E-state index in [1.54, 1.807) is 0 Å². The van der Waals surface area contributed by atoms with Crippen molar-refractivity contribution in [3.05, 3.63) is 65.7 Å². The molecule has 2 unspecified atom stereocenters. The number of carbonyl (C=O) groups excluding carboxylic acids is 1. The van der Waals surface area contributed by atoms with E-state index in [0.29, 0.717) is 13.2 Å². The lowest BCUT2D eigenvalue weighted by atomic mass is 9.78. The highest BCUT2D eigenvalue weighted by molar-refractivity contribution is 5.92. The molecule has 1 saturated heterocycles. The Morgan fingerprint density at radius 1 is 1.00 bits per heavy atom. The Balaban J connectivity index is 1.80. The van der Waals surface area contributed by atoms with Crippen molar-refractivity contribution in [2.75, 3.05) is 13.2 Å². The molecule has 3 nitrogen and oxygen atoms in total. The summed E-state index contributed by atoms with van der Waals surface area (Å²) in [6.45, 7) is 1.24. The monoisotopic (exact) mass is 265 g/mol. The number of para-hydroxylation sites is 1. The summed E-state index contributed by atoms with van der Waals surface area (Å²) in [4.78, 5) is 14.4. The molecule has 2 aromatic rings. The van der Waals surface area contributed by atoms with E-state index in [2.05, 4.69) is 6.07 Å². The first-order valence-electron chi connectivity index (χ1n) is 6.93. The van der Waals surface area contributed by atoms with Gasteiger partial charge in [0.05, 0.1) is 18.5 Å². The van der Waals surface area contributed by atoms with Gasteiger partial charge in [-0.1, -0.05) is 48.5 Å². The molecule has 0 radical (unpaired) electrons. The summed E-state index contributed by atoms with van der Waals surface area (Å²) in [5.41, 5.74) is 2.22.